The maximum atomic E-state index is 13.9. The number of nitrogens with zero attached hydrogens (tertiary/aromatic N) is 5. The van der Waals surface area contributed by atoms with Crippen LogP contribution in [0.3, 0.4) is 0 Å². The van der Waals surface area contributed by atoms with Crippen LogP contribution in [0.15, 0.2) is 36.7 Å². The Bertz CT molecular complexity index is 1640. The molecular weight excluding hydrogens is 504 g/mol. The number of fused-ring (bicyclic) bond motifs is 3. The zero-order valence-corrected chi connectivity index (χ0v) is 24.8. The van der Waals surface area contributed by atoms with Crippen LogP contribution in [0.4, 0.5) is 5.82 Å². The number of nitrogen functional groups attached to an aromatic ring is 1. The van der Waals surface area contributed by atoms with Gasteiger partial charge in [0.1, 0.15) is 11.4 Å². The van der Waals surface area contributed by atoms with E-state index in [1.165, 1.54) is 0 Å². The minimum atomic E-state index is -1.71. The smallest absolute Gasteiger partial charge is 0.254 e. The van der Waals surface area contributed by atoms with E-state index >= 15 is 0 Å². The van der Waals surface area contributed by atoms with Gasteiger partial charge in [0.05, 0.1) is 34.9 Å². The van der Waals surface area contributed by atoms with Gasteiger partial charge in [-0.15, -0.1) is 0 Å². The minimum absolute atomic E-state index is 0.0000400. The summed E-state index contributed by atoms with van der Waals surface area (Å²) < 4.78 is 7.96. The molecule has 3 aromatic heterocycles. The third-order valence-electron chi connectivity index (χ3n) is 6.76. The Morgan fingerprint density at radius 3 is 2.59 bits per heavy atom. The molecule has 0 bridgehead atoms. The quantitative estimate of drug-likeness (QED) is 0.267. The van der Waals surface area contributed by atoms with Crippen molar-refractivity contribution in [2.75, 3.05) is 5.73 Å². The number of amides is 1. The van der Waals surface area contributed by atoms with Crippen LogP contribution >= 0.6 is 0 Å². The van der Waals surface area contributed by atoms with Gasteiger partial charge < -0.3 is 15.1 Å². The number of carbonyl (C=O) groups is 1. The minimum Gasteiger partial charge on any atom is -0.402 e. The summed E-state index contributed by atoms with van der Waals surface area (Å²) in [5, 5.41) is 6.01. The predicted molar refractivity (Wildman–Crippen MR) is 158 cm³/mol. The monoisotopic (exact) mass is 540 g/mol. The normalized spacial score (nSPS) is 13.9. The summed E-state index contributed by atoms with van der Waals surface area (Å²) in [6.07, 6.45) is 5.49. The van der Waals surface area contributed by atoms with Crippen molar-refractivity contribution in [3.8, 4) is 11.8 Å². The van der Waals surface area contributed by atoms with Gasteiger partial charge in [0.15, 0.2) is 8.32 Å². The molecule has 202 valence electrons. The summed E-state index contributed by atoms with van der Waals surface area (Å²) in [5.41, 5.74) is 10.5. The molecule has 1 aromatic carbocycles. The molecule has 0 saturated heterocycles. The highest BCUT2D eigenvalue weighted by Gasteiger charge is 2.34. The molecule has 8 nitrogen and oxygen atoms in total. The number of pyridine rings is 2. The van der Waals surface area contributed by atoms with E-state index in [1.54, 1.807) is 17.1 Å². The van der Waals surface area contributed by atoms with Crippen LogP contribution < -0.4 is 5.73 Å². The molecule has 0 spiro atoms. The molecule has 0 atom stereocenters. The number of aromatic nitrogens is 4. The first kappa shape index (κ1) is 26.8. The van der Waals surface area contributed by atoms with Crippen molar-refractivity contribution in [1.29, 1.82) is 0 Å². The van der Waals surface area contributed by atoms with Crippen LogP contribution in [0.5, 0.6) is 0 Å². The zero-order valence-electron chi connectivity index (χ0n) is 23.8. The second-order valence-electron chi connectivity index (χ2n) is 11.9. The fourth-order valence-electron chi connectivity index (χ4n) is 5.03. The highest BCUT2D eigenvalue weighted by atomic mass is 28.4. The fraction of sp³-hybridized carbons (Fsp3) is 0.400. The van der Waals surface area contributed by atoms with Crippen LogP contribution in [-0.2, 0) is 18.0 Å². The molecule has 1 aliphatic rings. The molecule has 1 amide bonds. The third kappa shape index (κ3) is 5.82. The summed E-state index contributed by atoms with van der Waals surface area (Å²) in [4.78, 5) is 25.1. The van der Waals surface area contributed by atoms with E-state index in [0.717, 1.165) is 51.5 Å². The molecule has 0 radical (unpaired) electrons. The van der Waals surface area contributed by atoms with Crippen LogP contribution in [-0.4, -0.2) is 50.5 Å². The van der Waals surface area contributed by atoms with Crippen molar-refractivity contribution in [3.05, 3.63) is 59.0 Å². The van der Waals surface area contributed by atoms with Gasteiger partial charge in [-0.2, -0.15) is 5.10 Å². The fourth-order valence-corrected chi connectivity index (χ4v) is 6.61. The summed E-state index contributed by atoms with van der Waals surface area (Å²) in [7, 11) is 0.168. The number of aryl methyl sites for hydroxylation is 2. The Hall–Kier alpha value is -3.74. The highest BCUT2D eigenvalue weighted by Crippen LogP contribution is 2.33. The van der Waals surface area contributed by atoms with Gasteiger partial charge >= 0.3 is 0 Å². The SMILES string of the molecule is Cc1cc2nc(N)c3cnn(C)c3c2cc1C(=O)N(Cc1ccc(C#CC(C)(C)O[Si](C)(C)C)cn1)C1CC1. The number of anilines is 1. The lowest BCUT2D eigenvalue weighted by molar-refractivity contribution is 0.0727. The Morgan fingerprint density at radius 2 is 1.95 bits per heavy atom. The highest BCUT2D eigenvalue weighted by molar-refractivity contribution is 6.69. The van der Waals surface area contributed by atoms with Crippen molar-refractivity contribution in [2.24, 2.45) is 7.05 Å². The van der Waals surface area contributed by atoms with Crippen LogP contribution in [0.25, 0.3) is 21.8 Å². The van der Waals surface area contributed by atoms with Gasteiger partial charge in [0.25, 0.3) is 5.91 Å². The van der Waals surface area contributed by atoms with Crippen molar-refractivity contribution < 1.29 is 9.22 Å². The summed E-state index contributed by atoms with van der Waals surface area (Å²) in [6, 6.07) is 8.02. The number of carbonyl (C=O) groups excluding carboxylic acids is 1. The number of benzene rings is 1. The summed E-state index contributed by atoms with van der Waals surface area (Å²) >= 11 is 0. The van der Waals surface area contributed by atoms with E-state index in [9.17, 15) is 4.79 Å². The lowest BCUT2D eigenvalue weighted by Crippen LogP contribution is -2.37. The maximum Gasteiger partial charge on any atom is 0.254 e. The zero-order chi connectivity index (χ0) is 28.1. The molecule has 1 saturated carbocycles. The average molecular weight is 541 g/mol. The van der Waals surface area contributed by atoms with Crippen molar-refractivity contribution in [2.45, 2.75) is 71.4 Å². The molecule has 0 aliphatic heterocycles. The number of nitrogens with two attached hydrogens (primary N) is 1. The van der Waals surface area contributed by atoms with Gasteiger partial charge in [-0.05, 0) is 83.1 Å². The van der Waals surface area contributed by atoms with Gasteiger partial charge in [-0.3, -0.25) is 14.5 Å². The van der Waals surface area contributed by atoms with Crippen LogP contribution in [0, 0.1) is 18.8 Å². The maximum absolute atomic E-state index is 13.9. The molecular formula is C30H36N6O2Si. The standard InChI is InChI=1S/C30H36N6O2Si/c1-19-14-26-24(27-25(28(31)34-26)17-33-35(27)4)15-23(19)29(37)36(22-10-11-22)18-21-9-8-20(16-32-21)12-13-30(2,3)38-39(5,6)7/h8-9,14-17,22H,10-11,18H2,1-7H3,(H2,31,34). The van der Waals surface area contributed by atoms with E-state index in [-0.39, 0.29) is 11.9 Å². The molecule has 9 heteroatoms. The molecule has 1 fully saturated rings. The largest absolute Gasteiger partial charge is 0.402 e. The van der Waals surface area contributed by atoms with Crippen molar-refractivity contribution in [3.63, 3.8) is 0 Å². The molecule has 2 N–H and O–H groups in total. The van der Waals surface area contributed by atoms with E-state index < -0.39 is 13.9 Å². The van der Waals surface area contributed by atoms with E-state index in [1.807, 2.05) is 57.0 Å². The van der Waals surface area contributed by atoms with Gasteiger partial charge in [0.2, 0.25) is 0 Å². The Balaban J connectivity index is 1.40. The first-order valence-corrected chi connectivity index (χ1v) is 16.7. The molecule has 0 unspecified atom stereocenters. The Kier molecular flexibility index (Phi) is 6.73. The first-order valence-electron chi connectivity index (χ1n) is 13.3. The van der Waals surface area contributed by atoms with E-state index in [2.05, 4.69) is 46.5 Å². The van der Waals surface area contributed by atoms with Crippen LogP contribution in [0.1, 0.15) is 53.9 Å². The van der Waals surface area contributed by atoms with Crippen LogP contribution in [0.2, 0.25) is 19.6 Å². The van der Waals surface area contributed by atoms with E-state index in [0.29, 0.717) is 17.9 Å². The first-order chi connectivity index (χ1) is 18.3. The molecule has 1 aliphatic carbocycles. The average Bonchev–Trinajstić information content (AvgIpc) is 3.61. The lowest BCUT2D eigenvalue weighted by atomic mass is 10.0. The molecule has 3 heterocycles. The summed E-state index contributed by atoms with van der Waals surface area (Å²) in [6.45, 7) is 12.9. The Labute approximate surface area is 230 Å². The van der Waals surface area contributed by atoms with E-state index in [4.69, 9.17) is 10.2 Å². The Morgan fingerprint density at radius 1 is 1.21 bits per heavy atom. The van der Waals surface area contributed by atoms with Crippen molar-refractivity contribution >= 4 is 41.8 Å². The van der Waals surface area contributed by atoms with Gasteiger partial charge in [-0.1, -0.05) is 11.8 Å². The number of hydrogen-bond acceptors (Lipinski definition) is 6. The second kappa shape index (κ2) is 9.78. The molecule has 4 aromatic rings. The number of hydrogen-bond donors (Lipinski definition) is 1. The van der Waals surface area contributed by atoms with Gasteiger partial charge in [-0.25, -0.2) is 4.98 Å². The summed E-state index contributed by atoms with van der Waals surface area (Å²) in [5.74, 6) is 6.88. The second-order valence-corrected chi connectivity index (χ2v) is 16.3. The third-order valence-corrected chi connectivity index (χ3v) is 7.88. The lowest BCUT2D eigenvalue weighted by Gasteiger charge is -2.28. The topological polar surface area (TPSA) is 99.2 Å². The molecule has 5 rings (SSSR count). The van der Waals surface area contributed by atoms with Gasteiger partial charge in [0, 0.05) is 35.8 Å². The predicted octanol–water partition coefficient (Wildman–Crippen LogP) is 5.19. The number of rotatable bonds is 6. The molecule has 39 heavy (non-hydrogen) atoms. The van der Waals surface area contributed by atoms with Crippen molar-refractivity contribution in [1.82, 2.24) is 24.6 Å².